The van der Waals surface area contributed by atoms with Gasteiger partial charge in [-0.1, -0.05) is 11.6 Å². The summed E-state index contributed by atoms with van der Waals surface area (Å²) in [5.74, 6) is 1.21. The fraction of sp³-hybridized carbons (Fsp3) is 0.333. The Balaban J connectivity index is 1.72. The Hall–Kier alpha value is -2.27. The predicted octanol–water partition coefficient (Wildman–Crippen LogP) is 3.43. The van der Waals surface area contributed by atoms with Crippen LogP contribution in [-0.4, -0.2) is 42.1 Å². The largest absolute Gasteiger partial charge is 0.496 e. The lowest BCUT2D eigenvalue weighted by Gasteiger charge is -2.33. The van der Waals surface area contributed by atoms with Crippen LogP contribution in [0.2, 0.25) is 5.02 Å². The molecule has 5 nitrogen and oxygen atoms in total. The molecule has 126 valence electrons. The van der Waals surface area contributed by atoms with Crippen LogP contribution in [0.5, 0.6) is 11.5 Å². The van der Waals surface area contributed by atoms with Gasteiger partial charge < -0.3 is 14.4 Å². The van der Waals surface area contributed by atoms with Crippen LogP contribution < -0.4 is 9.47 Å². The van der Waals surface area contributed by atoms with Crippen molar-refractivity contribution < 1.29 is 14.3 Å². The molecular formula is C18H19ClN2O3. The van der Waals surface area contributed by atoms with Gasteiger partial charge >= 0.3 is 0 Å². The molecule has 0 radical (unpaired) electrons. The number of hydrogen-bond donors (Lipinski definition) is 0. The highest BCUT2D eigenvalue weighted by Gasteiger charge is 2.27. The van der Waals surface area contributed by atoms with Crippen molar-refractivity contribution in [2.45, 2.75) is 18.9 Å². The molecule has 0 aliphatic carbocycles. The van der Waals surface area contributed by atoms with E-state index in [9.17, 15) is 4.79 Å². The van der Waals surface area contributed by atoms with Gasteiger partial charge in [0.15, 0.2) is 0 Å². The second-order valence-electron chi connectivity index (χ2n) is 5.66. The molecule has 1 aromatic heterocycles. The van der Waals surface area contributed by atoms with Gasteiger partial charge in [-0.2, -0.15) is 0 Å². The Morgan fingerprint density at radius 3 is 2.83 bits per heavy atom. The molecule has 0 N–H and O–H groups in total. The molecule has 1 unspecified atom stereocenters. The summed E-state index contributed by atoms with van der Waals surface area (Å²) in [6, 6.07) is 8.71. The standard InChI is InChI=1S/C18H19ClN2O3/c1-23-17-5-4-13(19)11-16(17)18(22)21-10-2-3-15(12-21)24-14-6-8-20-9-7-14/h4-9,11,15H,2-3,10,12H2,1H3. The minimum Gasteiger partial charge on any atom is -0.496 e. The molecular weight excluding hydrogens is 328 g/mol. The van der Waals surface area contributed by atoms with Crippen LogP contribution in [0.25, 0.3) is 0 Å². The monoisotopic (exact) mass is 346 g/mol. The van der Waals surface area contributed by atoms with Crippen molar-refractivity contribution in [1.29, 1.82) is 0 Å². The molecule has 1 aliphatic rings. The zero-order chi connectivity index (χ0) is 16.9. The third kappa shape index (κ3) is 3.79. The highest BCUT2D eigenvalue weighted by Crippen LogP contribution is 2.26. The first-order valence-corrected chi connectivity index (χ1v) is 8.24. The van der Waals surface area contributed by atoms with Gasteiger partial charge in [0.05, 0.1) is 19.2 Å². The topological polar surface area (TPSA) is 51.7 Å². The van der Waals surface area contributed by atoms with E-state index in [0.717, 1.165) is 18.6 Å². The second-order valence-corrected chi connectivity index (χ2v) is 6.10. The average Bonchev–Trinajstić information content (AvgIpc) is 2.62. The van der Waals surface area contributed by atoms with Crippen LogP contribution in [0.3, 0.4) is 0 Å². The number of likely N-dealkylation sites (tertiary alicyclic amines) is 1. The summed E-state index contributed by atoms with van der Waals surface area (Å²) in [4.78, 5) is 18.6. The van der Waals surface area contributed by atoms with E-state index >= 15 is 0 Å². The van der Waals surface area contributed by atoms with Crippen molar-refractivity contribution in [2.75, 3.05) is 20.2 Å². The summed E-state index contributed by atoms with van der Waals surface area (Å²) >= 11 is 6.04. The second kappa shape index (κ2) is 7.53. The number of carbonyl (C=O) groups excluding carboxylic acids is 1. The SMILES string of the molecule is COc1ccc(Cl)cc1C(=O)N1CCCC(Oc2ccncc2)C1. The van der Waals surface area contributed by atoms with Crippen LogP contribution in [-0.2, 0) is 0 Å². The van der Waals surface area contributed by atoms with Crippen LogP contribution in [0.4, 0.5) is 0 Å². The molecule has 0 spiro atoms. The summed E-state index contributed by atoms with van der Waals surface area (Å²) in [5, 5.41) is 0.515. The van der Waals surface area contributed by atoms with Gasteiger partial charge in [0.25, 0.3) is 5.91 Å². The Bertz CT molecular complexity index is 709. The minimum absolute atomic E-state index is 0.0321. The maximum atomic E-state index is 12.9. The molecule has 0 saturated carbocycles. The summed E-state index contributed by atoms with van der Waals surface area (Å²) in [7, 11) is 1.55. The van der Waals surface area contributed by atoms with Gasteiger partial charge in [0, 0.05) is 24.0 Å². The Morgan fingerprint density at radius 2 is 2.08 bits per heavy atom. The zero-order valence-corrected chi connectivity index (χ0v) is 14.2. The summed E-state index contributed by atoms with van der Waals surface area (Å²) in [6.07, 6.45) is 5.16. The molecule has 1 aliphatic heterocycles. The third-order valence-electron chi connectivity index (χ3n) is 4.01. The van der Waals surface area contributed by atoms with Crippen LogP contribution in [0, 0.1) is 0 Å². The van der Waals surface area contributed by atoms with E-state index in [1.165, 1.54) is 0 Å². The van der Waals surface area contributed by atoms with Gasteiger partial charge in [-0.3, -0.25) is 9.78 Å². The van der Waals surface area contributed by atoms with Crippen molar-refractivity contribution in [3.8, 4) is 11.5 Å². The normalized spacial score (nSPS) is 17.4. The first-order chi connectivity index (χ1) is 11.7. The van der Waals surface area contributed by atoms with E-state index in [1.54, 1.807) is 42.6 Å². The molecule has 0 bridgehead atoms. The number of piperidine rings is 1. The van der Waals surface area contributed by atoms with E-state index in [4.69, 9.17) is 21.1 Å². The number of rotatable bonds is 4. The number of hydrogen-bond acceptors (Lipinski definition) is 4. The van der Waals surface area contributed by atoms with E-state index in [0.29, 0.717) is 29.4 Å². The molecule has 24 heavy (non-hydrogen) atoms. The van der Waals surface area contributed by atoms with Crippen LogP contribution in [0.1, 0.15) is 23.2 Å². The highest BCUT2D eigenvalue weighted by molar-refractivity contribution is 6.31. The van der Waals surface area contributed by atoms with Crippen molar-refractivity contribution in [3.63, 3.8) is 0 Å². The van der Waals surface area contributed by atoms with E-state index < -0.39 is 0 Å². The van der Waals surface area contributed by atoms with Crippen molar-refractivity contribution in [3.05, 3.63) is 53.3 Å². The number of halogens is 1. The van der Waals surface area contributed by atoms with Gasteiger partial charge in [0.2, 0.25) is 0 Å². The van der Waals surface area contributed by atoms with Gasteiger partial charge in [0.1, 0.15) is 17.6 Å². The van der Waals surface area contributed by atoms with Crippen molar-refractivity contribution >= 4 is 17.5 Å². The van der Waals surface area contributed by atoms with E-state index in [-0.39, 0.29) is 12.0 Å². The highest BCUT2D eigenvalue weighted by atomic mass is 35.5. The van der Waals surface area contributed by atoms with Crippen molar-refractivity contribution in [1.82, 2.24) is 9.88 Å². The smallest absolute Gasteiger partial charge is 0.257 e. The summed E-state index contributed by atoms with van der Waals surface area (Å²) in [5.41, 5.74) is 0.481. The first kappa shape index (κ1) is 16.6. The number of nitrogens with zero attached hydrogens (tertiary/aromatic N) is 2. The predicted molar refractivity (Wildman–Crippen MR) is 91.8 cm³/mol. The summed E-state index contributed by atoms with van der Waals surface area (Å²) < 4.78 is 11.3. The maximum absolute atomic E-state index is 12.9. The molecule has 6 heteroatoms. The Morgan fingerprint density at radius 1 is 1.29 bits per heavy atom. The van der Waals surface area contributed by atoms with Gasteiger partial charge in [-0.15, -0.1) is 0 Å². The lowest BCUT2D eigenvalue weighted by molar-refractivity contribution is 0.0535. The molecule has 1 aromatic carbocycles. The van der Waals surface area contributed by atoms with Crippen LogP contribution in [0.15, 0.2) is 42.7 Å². The van der Waals surface area contributed by atoms with Gasteiger partial charge in [-0.25, -0.2) is 0 Å². The number of amides is 1. The third-order valence-corrected chi connectivity index (χ3v) is 4.24. The van der Waals surface area contributed by atoms with Crippen molar-refractivity contribution in [2.24, 2.45) is 0 Å². The first-order valence-electron chi connectivity index (χ1n) is 7.87. The quantitative estimate of drug-likeness (QED) is 0.851. The Labute approximate surface area is 146 Å². The molecule has 3 rings (SSSR count). The Kier molecular flexibility index (Phi) is 5.20. The van der Waals surface area contributed by atoms with E-state index in [1.807, 2.05) is 12.1 Å². The molecule has 2 aromatic rings. The maximum Gasteiger partial charge on any atom is 0.257 e. The number of ether oxygens (including phenoxy) is 2. The van der Waals surface area contributed by atoms with E-state index in [2.05, 4.69) is 4.98 Å². The number of methoxy groups -OCH3 is 1. The lowest BCUT2D eigenvalue weighted by atomic mass is 10.1. The van der Waals surface area contributed by atoms with Crippen LogP contribution >= 0.6 is 11.6 Å². The fourth-order valence-electron chi connectivity index (χ4n) is 2.85. The van der Waals surface area contributed by atoms with Gasteiger partial charge in [-0.05, 0) is 43.2 Å². The number of carbonyl (C=O) groups is 1. The average molecular weight is 347 g/mol. The minimum atomic E-state index is -0.0858. The summed E-state index contributed by atoms with van der Waals surface area (Å²) in [6.45, 7) is 1.24. The number of benzene rings is 1. The number of aromatic nitrogens is 1. The molecule has 1 amide bonds. The molecule has 1 saturated heterocycles. The molecule has 2 heterocycles. The number of pyridine rings is 1. The fourth-order valence-corrected chi connectivity index (χ4v) is 3.02. The lowest BCUT2D eigenvalue weighted by Crippen LogP contribution is -2.44. The zero-order valence-electron chi connectivity index (χ0n) is 13.4. The molecule has 1 atom stereocenters. The molecule has 1 fully saturated rings.